The Hall–Kier alpha value is -0.873. The van der Waals surface area contributed by atoms with Crippen LogP contribution in [0.2, 0.25) is 18.1 Å². The maximum Gasteiger partial charge on any atom is 0.213 e. The topological polar surface area (TPSA) is 42.4 Å². The van der Waals surface area contributed by atoms with Crippen molar-refractivity contribution < 1.29 is 9.53 Å². The second-order valence-electron chi connectivity index (χ2n) is 6.42. The summed E-state index contributed by atoms with van der Waals surface area (Å²) in [6.07, 6.45) is 4.90. The number of aromatic nitrogens is 1. The van der Waals surface area contributed by atoms with E-state index in [9.17, 15) is 4.80 Å². The van der Waals surface area contributed by atoms with E-state index in [4.69, 9.17) is 4.74 Å². The van der Waals surface area contributed by atoms with Crippen LogP contribution in [0.25, 0.3) is 0 Å². The van der Waals surface area contributed by atoms with E-state index in [1.54, 1.807) is 6.20 Å². The molecule has 0 aromatic carbocycles. The molecule has 3 nitrogen and oxygen atoms in total. The van der Waals surface area contributed by atoms with E-state index < -0.39 is 8.32 Å². The fraction of sp³-hybridized carbons (Fsp3) is 0.667. The minimum atomic E-state index is -2.07. The van der Waals surface area contributed by atoms with Crippen molar-refractivity contribution in [1.29, 1.82) is 0 Å². The molecule has 0 aliphatic carbocycles. The van der Waals surface area contributed by atoms with Gasteiger partial charge in [0.1, 0.15) is 0 Å². The average Bonchev–Trinajstić information content (AvgIpc) is 2.27. The predicted octanol–water partition coefficient (Wildman–Crippen LogP) is 3.92. The van der Waals surface area contributed by atoms with Crippen molar-refractivity contribution in [2.75, 3.05) is 6.61 Å². The van der Waals surface area contributed by atoms with Gasteiger partial charge in [0.15, 0.2) is 8.32 Å². The minimum Gasteiger partial charge on any atom is -0.478 e. The number of aryl methyl sites for hydroxylation is 1. The zero-order valence-corrected chi connectivity index (χ0v) is 13.9. The van der Waals surface area contributed by atoms with E-state index in [1.807, 2.05) is 32.2 Å². The summed E-state index contributed by atoms with van der Waals surface area (Å²) in [4.78, 5) is 14.4. The number of hydrogen-bond donors (Lipinski definition) is 1. The van der Waals surface area contributed by atoms with Crippen molar-refractivity contribution in [1.82, 2.24) is 4.98 Å². The highest BCUT2D eigenvalue weighted by atomic mass is 28.4. The molecule has 4 heteroatoms. The van der Waals surface area contributed by atoms with Gasteiger partial charge < -0.3 is 9.53 Å². The van der Waals surface area contributed by atoms with Crippen LogP contribution in [0, 0.1) is 6.92 Å². The van der Waals surface area contributed by atoms with Crippen LogP contribution in [-0.2, 0) is 0 Å². The van der Waals surface area contributed by atoms with Crippen molar-refractivity contribution in [3.63, 3.8) is 0 Å². The van der Waals surface area contributed by atoms with Crippen LogP contribution in [0.15, 0.2) is 18.3 Å². The molecule has 0 amide bonds. The number of hydrogen-bond acceptors (Lipinski definition) is 3. The Kier molecular flexibility index (Phi) is 5.56. The highest BCUT2D eigenvalue weighted by molar-refractivity contribution is 6.72. The van der Waals surface area contributed by atoms with Crippen LogP contribution in [-0.4, -0.2) is 24.7 Å². The summed E-state index contributed by atoms with van der Waals surface area (Å²) in [6, 6.07) is 3.91. The second kappa shape index (κ2) is 6.53. The Morgan fingerprint density at radius 3 is 2.58 bits per heavy atom. The fourth-order valence-corrected chi connectivity index (χ4v) is 2.53. The molecule has 1 heterocycles. The van der Waals surface area contributed by atoms with Gasteiger partial charge in [-0.1, -0.05) is 13.8 Å². The van der Waals surface area contributed by atoms with Gasteiger partial charge in [-0.2, -0.15) is 0 Å². The lowest BCUT2D eigenvalue weighted by Crippen LogP contribution is -2.38. The zero-order valence-electron chi connectivity index (χ0n) is 12.9. The molecule has 1 N–H and O–H groups in total. The molecule has 0 radical (unpaired) electrons. The van der Waals surface area contributed by atoms with Gasteiger partial charge in [-0.3, -0.25) is 0 Å². The summed E-state index contributed by atoms with van der Waals surface area (Å²) in [6.45, 7) is 11.1. The fourth-order valence-electron chi connectivity index (χ4n) is 1.74. The van der Waals surface area contributed by atoms with E-state index >= 15 is 0 Å². The third kappa shape index (κ3) is 5.33. The highest BCUT2D eigenvalue weighted by Gasteiger charge is 2.37. The maximum atomic E-state index is 10.2. The molecular weight excluding hydrogens is 254 g/mol. The number of unbranched alkanes of at least 4 members (excludes halogenated alkanes) is 1. The molecule has 0 fully saturated rings. The smallest absolute Gasteiger partial charge is 0.213 e. The summed E-state index contributed by atoms with van der Waals surface area (Å²) in [5.74, 6) is 0.705. The average molecular weight is 281 g/mol. The van der Waals surface area contributed by atoms with Crippen LogP contribution in [0.4, 0.5) is 0 Å². The van der Waals surface area contributed by atoms with Crippen LogP contribution < -0.4 is 4.74 Å². The number of nitrogens with zero attached hydrogens (tertiary/aromatic N) is 1. The minimum absolute atomic E-state index is 0.0641. The van der Waals surface area contributed by atoms with Crippen molar-refractivity contribution in [3.05, 3.63) is 23.9 Å². The quantitative estimate of drug-likeness (QED) is 0.608. The van der Waals surface area contributed by atoms with Crippen LogP contribution >= 0.6 is 0 Å². The predicted molar refractivity (Wildman–Crippen MR) is 82.1 cm³/mol. The third-order valence-electron chi connectivity index (χ3n) is 3.99. The van der Waals surface area contributed by atoms with Gasteiger partial charge in [-0.25, -0.2) is 4.98 Å². The largest absolute Gasteiger partial charge is 0.478 e. The molecule has 0 saturated carbocycles. The molecule has 0 atom stereocenters. The first-order chi connectivity index (χ1) is 8.72. The van der Waals surface area contributed by atoms with Gasteiger partial charge in [-0.05, 0) is 55.9 Å². The van der Waals surface area contributed by atoms with Gasteiger partial charge in [-0.15, -0.1) is 0 Å². The first kappa shape index (κ1) is 16.2. The summed E-state index contributed by atoms with van der Waals surface area (Å²) in [5.41, 5.74) is 1.17. The van der Waals surface area contributed by atoms with Gasteiger partial charge in [0.05, 0.1) is 6.61 Å². The van der Waals surface area contributed by atoms with Crippen LogP contribution in [0.5, 0.6) is 5.88 Å². The van der Waals surface area contributed by atoms with E-state index in [0.717, 1.165) is 19.3 Å². The Bertz CT molecular complexity index is 399. The number of ether oxygens (including phenoxy) is 1. The van der Waals surface area contributed by atoms with E-state index in [1.165, 1.54) is 5.56 Å². The monoisotopic (exact) mass is 281 g/mol. The molecule has 0 spiro atoms. The molecule has 0 aliphatic heterocycles. The van der Waals surface area contributed by atoms with E-state index in [2.05, 4.69) is 18.8 Å². The lowest BCUT2D eigenvalue weighted by atomic mass is 10.1. The summed E-state index contributed by atoms with van der Waals surface area (Å²) >= 11 is 0. The second-order valence-corrected chi connectivity index (χ2v) is 10.9. The van der Waals surface area contributed by atoms with E-state index in [-0.39, 0.29) is 5.04 Å². The van der Waals surface area contributed by atoms with Crippen LogP contribution in [0.1, 0.15) is 38.7 Å². The number of rotatable bonds is 7. The maximum absolute atomic E-state index is 10.2. The third-order valence-corrected chi connectivity index (χ3v) is 7.56. The number of pyridine rings is 1. The van der Waals surface area contributed by atoms with Gasteiger partial charge in [0.2, 0.25) is 5.88 Å². The normalized spacial score (nSPS) is 12.5. The zero-order chi connectivity index (χ0) is 14.5. The highest BCUT2D eigenvalue weighted by Crippen LogP contribution is 2.39. The molecule has 108 valence electrons. The first-order valence-corrected chi connectivity index (χ1v) is 9.95. The van der Waals surface area contributed by atoms with Crippen molar-refractivity contribution in [3.8, 4) is 5.88 Å². The molecule has 1 rings (SSSR count). The van der Waals surface area contributed by atoms with Gasteiger partial charge in [0, 0.05) is 12.3 Å². The lowest BCUT2D eigenvalue weighted by molar-refractivity contribution is 0.289. The van der Waals surface area contributed by atoms with Gasteiger partial charge in [0.25, 0.3) is 0 Å². The van der Waals surface area contributed by atoms with Crippen molar-refractivity contribution in [2.45, 2.75) is 58.2 Å². The Balaban J connectivity index is 2.25. The van der Waals surface area contributed by atoms with Crippen molar-refractivity contribution in [2.24, 2.45) is 0 Å². The summed E-state index contributed by atoms with van der Waals surface area (Å²) in [5, 5.41) is 0.0641. The molecule has 0 saturated heterocycles. The van der Waals surface area contributed by atoms with Crippen LogP contribution in [0.3, 0.4) is 0 Å². The molecule has 1 aromatic heterocycles. The van der Waals surface area contributed by atoms with Crippen molar-refractivity contribution >= 4 is 8.32 Å². The molecule has 0 unspecified atom stereocenters. The molecule has 0 aliphatic rings. The summed E-state index contributed by atoms with van der Waals surface area (Å²) in [7, 11) is -2.07. The molecule has 1 aromatic rings. The molecule has 0 bridgehead atoms. The Morgan fingerprint density at radius 2 is 2.00 bits per heavy atom. The Morgan fingerprint density at radius 1 is 1.32 bits per heavy atom. The molecule has 19 heavy (non-hydrogen) atoms. The Labute approximate surface area is 118 Å². The standard InChI is InChI=1S/C15H27NO2Si/c1-13-8-10-16-14(12-13)18-11-7-6-9-15(2,3)19(4,5)17/h8,10,12,17H,6-7,9,11H2,1-5H3. The van der Waals surface area contributed by atoms with E-state index in [0.29, 0.717) is 12.5 Å². The SMILES string of the molecule is Cc1ccnc(OCCCCC(C)(C)[Si](C)(C)O)c1. The summed E-state index contributed by atoms with van der Waals surface area (Å²) < 4.78 is 5.62. The molecular formula is C15H27NO2Si. The lowest BCUT2D eigenvalue weighted by Gasteiger charge is -2.35. The van der Waals surface area contributed by atoms with Gasteiger partial charge >= 0.3 is 0 Å². The first-order valence-electron chi connectivity index (χ1n) is 7.00.